The molecule has 0 aliphatic heterocycles. The number of carbonyl (C=O) groups excluding carboxylic acids is 17. The van der Waals surface area contributed by atoms with E-state index in [0.29, 0.717) is 129 Å². The summed E-state index contributed by atoms with van der Waals surface area (Å²) >= 11 is 0. The van der Waals surface area contributed by atoms with Crippen molar-refractivity contribution >= 4 is 100 Å². The Morgan fingerprint density at radius 3 is 0.632 bits per heavy atom. The average Bonchev–Trinajstić information content (AvgIpc) is 0.877. The second kappa shape index (κ2) is 72.9. The number of amides is 17. The zero-order valence-corrected chi connectivity index (χ0v) is 84.8. The van der Waals surface area contributed by atoms with E-state index in [1.165, 1.54) is 0 Å². The number of hydrogen-bond donors (Lipinski definition) is 25. The van der Waals surface area contributed by atoms with Crippen LogP contribution in [0.25, 0.3) is 0 Å². The fourth-order valence-electron chi connectivity index (χ4n) is 15.2. The molecule has 14 atom stereocenters. The lowest BCUT2D eigenvalue weighted by molar-refractivity contribution is -0.136. The summed E-state index contributed by atoms with van der Waals surface area (Å²) in [5, 5.41) is 44.2. The van der Waals surface area contributed by atoms with Crippen molar-refractivity contribution in [3.63, 3.8) is 0 Å². The predicted octanol–water partition coefficient (Wildman–Crippen LogP) is -0.342. The highest BCUT2D eigenvalue weighted by Gasteiger charge is 2.39. The summed E-state index contributed by atoms with van der Waals surface area (Å²) in [5.41, 5.74) is 43.4. The van der Waals surface area contributed by atoms with Crippen LogP contribution in [0.4, 0.5) is 0 Å². The van der Waals surface area contributed by atoms with Crippen LogP contribution >= 0.6 is 0 Å². The number of rotatable bonds is 77. The van der Waals surface area contributed by atoms with Crippen molar-refractivity contribution in [1.29, 1.82) is 0 Å². The van der Waals surface area contributed by atoms with Gasteiger partial charge in [0.2, 0.25) is 100 Å². The summed E-state index contributed by atoms with van der Waals surface area (Å²) in [7, 11) is 0. The van der Waals surface area contributed by atoms with Crippen LogP contribution in [0.1, 0.15) is 303 Å². The summed E-state index contributed by atoms with van der Waals surface area (Å²) in [6, 6.07) is -17.1. The summed E-state index contributed by atoms with van der Waals surface area (Å²) < 4.78 is 0. The van der Waals surface area contributed by atoms with E-state index in [4.69, 9.17) is 46.0 Å². The maximum Gasteiger partial charge on any atom is 0.243 e. The van der Waals surface area contributed by atoms with Gasteiger partial charge in [-0.1, -0.05) is 117 Å². The lowest BCUT2D eigenvalue weighted by Crippen LogP contribution is -2.61. The Morgan fingerprint density at radius 2 is 0.397 bits per heavy atom. The number of unbranched alkanes of at least 4 members (excludes halogenated alkanes) is 8. The first-order chi connectivity index (χ1) is 64.2. The van der Waals surface area contributed by atoms with Gasteiger partial charge in [-0.3, -0.25) is 86.9 Å². The number of nitrogens with two attached hydrogens (primary N) is 8. The van der Waals surface area contributed by atoms with Crippen LogP contribution in [0.3, 0.4) is 0 Å². The largest absolute Gasteiger partial charge is 0.355 e. The van der Waals surface area contributed by atoms with E-state index in [9.17, 15) is 81.5 Å². The van der Waals surface area contributed by atoms with Gasteiger partial charge in [-0.2, -0.15) is 0 Å². The topological polar surface area (TPSA) is 703 Å². The third-order valence-electron chi connectivity index (χ3n) is 22.4. The molecule has 0 aromatic rings. The molecule has 0 fully saturated rings. The minimum atomic E-state index is -1.33. The molecule has 0 aromatic heterocycles. The first-order valence-electron chi connectivity index (χ1n) is 49.9. The lowest BCUT2D eigenvalue weighted by Gasteiger charge is -2.29. The second-order valence-electron chi connectivity index (χ2n) is 39.4. The van der Waals surface area contributed by atoms with E-state index in [2.05, 4.69) is 90.5 Å². The van der Waals surface area contributed by atoms with Crippen LogP contribution in [0.2, 0.25) is 0 Å². The van der Waals surface area contributed by atoms with Gasteiger partial charge in [0.25, 0.3) is 0 Å². The Morgan fingerprint density at radius 1 is 0.199 bits per heavy atom. The standard InChI is InChI=1S/C94H181N25O17/c1-56(2)46-64(101)81(123)107-66(33-20-26-40-96)84(126)109-68(35-22-28-42-98)86(128)115-76(52-62(13)14)93(135)113-71(47-57(3)4)83(125)105-55-80(122)106-72(48-58(5)6)89(131)117-74(50-60(9)10)91(133)111-67(34-21-27-41-97)85(127)110-69(36-23-29-43-99)87(129)116-77(53-63(15)16)94(136)118-75(51-61(11)12)92(134)112-70(37-24-30-44-100)88(130)114-73(49-59(7)8)90(132)108-65(32-19-25-39-95)82(124)104-54-79(121)103-45-31-17-18-38-78(120)119-102/h56-77H,17-55,95-102H2,1-16H3,(H,103,121)(H,104,124)(H,105,125)(H,106,122)(H,107,123)(H,108,132)(H,109,126)(H,110,127)(H,111,133)(H,112,134)(H,113,135)(H,114,130)(H,115,128)(H,116,129)(H,117,131)(H,118,136)(H,119,120)/t64-,65-,66-,67-,68-,69-,70-,71-,72-,73-,74-,75-,76-,77-/m0/s1. The second-order valence-corrected chi connectivity index (χ2v) is 39.4. The molecule has 0 aliphatic rings. The highest BCUT2D eigenvalue weighted by molar-refractivity contribution is 6.00. The SMILES string of the molecule is CC(C)C[C@H](NC(=O)CNC(=O)[C@H](CC(C)C)NC(=O)[C@H](CC(C)C)NC(=O)[C@H](CCCCN)NC(=O)[C@H](CCCCN)NC(=O)[C@@H](N)CC(C)C)C(=O)N[C@@H](CC(C)C)C(=O)N[C@@H](CCCCN)C(=O)N[C@@H](CCCCN)C(=O)N[C@@H](CC(C)C)C(=O)N[C@@H](CC(C)C)C(=O)N[C@@H](CCCCN)C(=O)N[C@@H](CC(C)C)C(=O)N[C@@H](CCCCN)C(=O)NCC(=O)NCCCCCC(=O)NN. The molecule has 0 aromatic carbocycles. The van der Waals surface area contributed by atoms with Crippen LogP contribution in [0, 0.1) is 47.3 Å². The van der Waals surface area contributed by atoms with Gasteiger partial charge in [0.1, 0.15) is 78.5 Å². The van der Waals surface area contributed by atoms with Crippen LogP contribution in [0.5, 0.6) is 0 Å². The summed E-state index contributed by atoms with van der Waals surface area (Å²) in [6.45, 7) is 30.2. The van der Waals surface area contributed by atoms with Crippen molar-refractivity contribution in [3.8, 4) is 0 Å². The molecule has 42 nitrogen and oxygen atoms in total. The van der Waals surface area contributed by atoms with E-state index >= 15 is 0 Å². The van der Waals surface area contributed by atoms with Crippen molar-refractivity contribution in [2.45, 2.75) is 388 Å². The molecule has 0 unspecified atom stereocenters. The smallest absolute Gasteiger partial charge is 0.243 e. The van der Waals surface area contributed by atoms with Crippen LogP contribution < -0.4 is 136 Å². The highest BCUT2D eigenvalue weighted by atomic mass is 16.2. The van der Waals surface area contributed by atoms with Crippen LogP contribution in [-0.4, -0.2) is 244 Å². The van der Waals surface area contributed by atoms with E-state index < -0.39 is 192 Å². The quantitative estimate of drug-likeness (QED) is 0.0160. The van der Waals surface area contributed by atoms with Crippen molar-refractivity contribution in [1.82, 2.24) is 90.5 Å². The zero-order chi connectivity index (χ0) is 103. The molecule has 0 radical (unpaired) electrons. The van der Waals surface area contributed by atoms with Gasteiger partial charge in [0, 0.05) is 13.0 Å². The molecule has 0 rings (SSSR count). The van der Waals surface area contributed by atoms with E-state index in [-0.39, 0.29) is 163 Å². The van der Waals surface area contributed by atoms with Crippen molar-refractivity contribution < 1.29 is 81.5 Å². The van der Waals surface area contributed by atoms with Crippen LogP contribution in [-0.2, 0) is 81.5 Å². The molecule has 0 heterocycles. The molecule has 784 valence electrons. The Bertz CT molecular complexity index is 3580. The molecule has 0 bridgehead atoms. The van der Waals surface area contributed by atoms with Gasteiger partial charge in [-0.15, -0.1) is 0 Å². The van der Waals surface area contributed by atoms with Crippen LogP contribution in [0.15, 0.2) is 0 Å². The average molecular weight is 1930 g/mol. The monoisotopic (exact) mass is 1930 g/mol. The Hall–Kier alpha value is -9.33. The number of carbonyl (C=O) groups is 17. The molecule has 33 N–H and O–H groups in total. The third-order valence-corrected chi connectivity index (χ3v) is 22.4. The molecule has 0 aliphatic carbocycles. The summed E-state index contributed by atoms with van der Waals surface area (Å²) in [6.07, 6.45) is 8.66. The first-order valence-corrected chi connectivity index (χ1v) is 49.9. The molecule has 0 saturated heterocycles. The molecule has 42 heteroatoms. The first kappa shape index (κ1) is 127. The fraction of sp³-hybridized carbons (Fsp3) is 0.819. The number of hydrogen-bond acceptors (Lipinski definition) is 25. The predicted molar refractivity (Wildman–Crippen MR) is 526 cm³/mol. The molecular formula is C94H181N25O17. The molecule has 17 amide bonds. The van der Waals surface area contributed by atoms with E-state index in [0.717, 1.165) is 0 Å². The molecule has 136 heavy (non-hydrogen) atoms. The minimum absolute atomic E-state index is 0.0162. The molecular weight excluding hydrogens is 1750 g/mol. The summed E-state index contributed by atoms with van der Waals surface area (Å²) in [5.74, 6) is -7.86. The Labute approximate surface area is 808 Å². The van der Waals surface area contributed by atoms with Gasteiger partial charge < -0.3 is 125 Å². The van der Waals surface area contributed by atoms with Crippen molar-refractivity contribution in [2.75, 3.05) is 58.9 Å². The number of hydrazine groups is 1. The van der Waals surface area contributed by atoms with Crippen molar-refractivity contribution in [2.24, 2.45) is 93.3 Å². The highest BCUT2D eigenvalue weighted by Crippen LogP contribution is 2.19. The van der Waals surface area contributed by atoms with Gasteiger partial charge in [0.05, 0.1) is 19.1 Å². The maximum absolute atomic E-state index is 14.9. The number of nitrogens with one attached hydrogen (secondary N) is 17. The fourth-order valence-corrected chi connectivity index (χ4v) is 15.2. The van der Waals surface area contributed by atoms with E-state index in [1.54, 1.807) is 0 Å². The van der Waals surface area contributed by atoms with Crippen molar-refractivity contribution in [3.05, 3.63) is 0 Å². The minimum Gasteiger partial charge on any atom is -0.355 e. The Balaban J connectivity index is 7.13. The normalized spacial score (nSPS) is 14.6. The van der Waals surface area contributed by atoms with Gasteiger partial charge in [0.15, 0.2) is 0 Å². The Kier molecular flexibility index (Phi) is 67.9. The summed E-state index contributed by atoms with van der Waals surface area (Å²) in [4.78, 5) is 240. The van der Waals surface area contributed by atoms with Gasteiger partial charge >= 0.3 is 0 Å². The zero-order valence-electron chi connectivity index (χ0n) is 84.8. The van der Waals surface area contributed by atoms with Gasteiger partial charge in [-0.05, 0) is 266 Å². The molecule has 0 saturated carbocycles. The van der Waals surface area contributed by atoms with Gasteiger partial charge in [-0.25, -0.2) is 5.84 Å². The third kappa shape index (κ3) is 57.8. The van der Waals surface area contributed by atoms with E-state index in [1.807, 2.05) is 111 Å². The molecule has 0 spiro atoms. The lowest BCUT2D eigenvalue weighted by atomic mass is 9.98. The maximum atomic E-state index is 14.9.